The standard InChI is InChI=1S/C17H17ClN2O4S2/c18-16-4-2-1-3-15(16)17-9-10-19(11-12-25-17)26(23,24)14-7-5-13(6-8-14)20(21)22/h1-8,17H,9-12H2. The highest BCUT2D eigenvalue weighted by Gasteiger charge is 2.29. The zero-order valence-corrected chi connectivity index (χ0v) is 16.1. The fourth-order valence-corrected chi connectivity index (χ4v) is 6.03. The van der Waals surface area contributed by atoms with Gasteiger partial charge in [0.15, 0.2) is 0 Å². The average Bonchev–Trinajstić information content (AvgIpc) is 2.89. The second-order valence-electron chi connectivity index (χ2n) is 5.82. The Morgan fingerprint density at radius 2 is 1.81 bits per heavy atom. The SMILES string of the molecule is O=[N+]([O-])c1ccc(S(=O)(=O)N2CCSC(c3ccccc3Cl)CC2)cc1. The molecule has 0 bridgehead atoms. The molecule has 0 amide bonds. The van der Waals surface area contributed by atoms with Gasteiger partial charge in [0.1, 0.15) is 0 Å². The van der Waals surface area contributed by atoms with Crippen LogP contribution in [0.4, 0.5) is 5.69 Å². The van der Waals surface area contributed by atoms with E-state index in [9.17, 15) is 18.5 Å². The Kier molecular flexibility index (Phi) is 5.86. The van der Waals surface area contributed by atoms with E-state index < -0.39 is 14.9 Å². The molecule has 0 N–H and O–H groups in total. The molecule has 0 aromatic heterocycles. The molecule has 0 spiro atoms. The minimum Gasteiger partial charge on any atom is -0.258 e. The molecule has 1 atom stereocenters. The summed E-state index contributed by atoms with van der Waals surface area (Å²) in [5.41, 5.74) is 0.892. The summed E-state index contributed by atoms with van der Waals surface area (Å²) in [6.07, 6.45) is 0.653. The van der Waals surface area contributed by atoms with E-state index in [1.165, 1.54) is 28.6 Å². The molecule has 0 radical (unpaired) electrons. The maximum absolute atomic E-state index is 12.9. The molecule has 1 aliphatic rings. The first kappa shape index (κ1) is 19.2. The Hall–Kier alpha value is -1.61. The van der Waals surface area contributed by atoms with Crippen LogP contribution in [-0.2, 0) is 10.0 Å². The van der Waals surface area contributed by atoms with Gasteiger partial charge in [-0.25, -0.2) is 8.42 Å². The monoisotopic (exact) mass is 412 g/mol. The Labute approximate surface area is 161 Å². The third-order valence-corrected chi connectivity index (χ3v) is 7.81. The molecule has 1 saturated heterocycles. The van der Waals surface area contributed by atoms with Crippen molar-refractivity contribution in [3.63, 3.8) is 0 Å². The van der Waals surface area contributed by atoms with Crippen molar-refractivity contribution in [2.24, 2.45) is 0 Å². The number of sulfonamides is 1. The second-order valence-corrected chi connectivity index (χ2v) is 9.48. The maximum atomic E-state index is 12.9. The lowest BCUT2D eigenvalue weighted by Gasteiger charge is -2.20. The Morgan fingerprint density at radius 1 is 1.12 bits per heavy atom. The van der Waals surface area contributed by atoms with Crippen LogP contribution in [0, 0.1) is 10.1 Å². The third kappa shape index (κ3) is 4.03. The number of rotatable bonds is 4. The van der Waals surface area contributed by atoms with E-state index in [2.05, 4.69) is 0 Å². The molecule has 1 heterocycles. The first-order valence-electron chi connectivity index (χ1n) is 8.00. The van der Waals surface area contributed by atoms with Gasteiger partial charge in [0.05, 0.1) is 9.82 Å². The Bertz CT molecular complexity index is 903. The molecule has 0 saturated carbocycles. The topological polar surface area (TPSA) is 80.5 Å². The van der Waals surface area contributed by atoms with E-state index in [1.54, 1.807) is 11.8 Å². The molecule has 1 fully saturated rings. The van der Waals surface area contributed by atoms with Crippen molar-refractivity contribution in [2.45, 2.75) is 16.6 Å². The molecule has 1 unspecified atom stereocenters. The van der Waals surface area contributed by atoms with Gasteiger partial charge in [-0.05, 0) is 30.2 Å². The molecule has 3 rings (SSSR count). The second kappa shape index (κ2) is 7.96. The average molecular weight is 413 g/mol. The van der Waals surface area contributed by atoms with Crippen LogP contribution in [0.1, 0.15) is 17.2 Å². The summed E-state index contributed by atoms with van der Waals surface area (Å²) < 4.78 is 27.1. The number of hydrogen-bond acceptors (Lipinski definition) is 5. The fraction of sp³-hybridized carbons (Fsp3) is 0.294. The summed E-state index contributed by atoms with van der Waals surface area (Å²) in [6.45, 7) is 0.771. The van der Waals surface area contributed by atoms with Gasteiger partial charge in [0.25, 0.3) is 5.69 Å². The minimum atomic E-state index is -3.68. The maximum Gasteiger partial charge on any atom is 0.269 e. The van der Waals surface area contributed by atoms with Gasteiger partial charge in [-0.3, -0.25) is 10.1 Å². The smallest absolute Gasteiger partial charge is 0.258 e. The van der Waals surface area contributed by atoms with E-state index >= 15 is 0 Å². The zero-order chi connectivity index (χ0) is 18.7. The number of thioether (sulfide) groups is 1. The van der Waals surface area contributed by atoms with Crippen molar-refractivity contribution in [3.8, 4) is 0 Å². The molecule has 0 aliphatic carbocycles. The highest BCUT2D eigenvalue weighted by Crippen LogP contribution is 2.38. The van der Waals surface area contributed by atoms with Gasteiger partial charge < -0.3 is 0 Å². The minimum absolute atomic E-state index is 0.0734. The van der Waals surface area contributed by atoms with Crippen molar-refractivity contribution in [2.75, 3.05) is 18.8 Å². The van der Waals surface area contributed by atoms with E-state index in [0.29, 0.717) is 30.3 Å². The van der Waals surface area contributed by atoms with Gasteiger partial charge in [-0.2, -0.15) is 16.1 Å². The largest absolute Gasteiger partial charge is 0.269 e. The fourth-order valence-electron chi connectivity index (χ4n) is 2.86. The number of hydrogen-bond donors (Lipinski definition) is 0. The summed E-state index contributed by atoms with van der Waals surface area (Å²) in [4.78, 5) is 10.3. The van der Waals surface area contributed by atoms with Crippen LogP contribution < -0.4 is 0 Å². The van der Waals surface area contributed by atoms with E-state index in [1.807, 2.05) is 24.3 Å². The number of nitrogens with zero attached hydrogens (tertiary/aromatic N) is 2. The van der Waals surface area contributed by atoms with Gasteiger partial charge >= 0.3 is 0 Å². The molecule has 138 valence electrons. The number of nitro groups is 1. The van der Waals surface area contributed by atoms with Crippen LogP contribution in [0.15, 0.2) is 53.4 Å². The van der Waals surface area contributed by atoms with Crippen LogP contribution in [0.5, 0.6) is 0 Å². The van der Waals surface area contributed by atoms with Crippen molar-refractivity contribution in [1.82, 2.24) is 4.31 Å². The third-order valence-electron chi connectivity index (χ3n) is 4.24. The summed E-state index contributed by atoms with van der Waals surface area (Å²) in [5.74, 6) is 0.655. The van der Waals surface area contributed by atoms with Crippen molar-refractivity contribution in [3.05, 3.63) is 69.2 Å². The molecule has 6 nitrogen and oxygen atoms in total. The van der Waals surface area contributed by atoms with E-state index in [0.717, 1.165) is 5.56 Å². The molecular weight excluding hydrogens is 396 g/mol. The Balaban J connectivity index is 1.77. The zero-order valence-electron chi connectivity index (χ0n) is 13.7. The van der Waals surface area contributed by atoms with Crippen LogP contribution in [0.3, 0.4) is 0 Å². The number of nitro benzene ring substituents is 1. The van der Waals surface area contributed by atoms with Crippen molar-refractivity contribution >= 4 is 39.1 Å². The predicted molar refractivity (Wildman–Crippen MR) is 103 cm³/mol. The lowest BCUT2D eigenvalue weighted by atomic mass is 10.1. The molecule has 9 heteroatoms. The highest BCUT2D eigenvalue weighted by molar-refractivity contribution is 7.99. The summed E-state index contributed by atoms with van der Waals surface area (Å²) in [7, 11) is -3.68. The normalized spacial score (nSPS) is 19.0. The highest BCUT2D eigenvalue weighted by atomic mass is 35.5. The molecule has 2 aromatic carbocycles. The van der Waals surface area contributed by atoms with Crippen LogP contribution in [0.2, 0.25) is 5.02 Å². The lowest BCUT2D eigenvalue weighted by Crippen LogP contribution is -2.33. The van der Waals surface area contributed by atoms with Gasteiger partial charge in [-0.1, -0.05) is 29.8 Å². The van der Waals surface area contributed by atoms with Gasteiger partial charge in [-0.15, -0.1) is 0 Å². The van der Waals surface area contributed by atoms with Crippen LogP contribution in [0.25, 0.3) is 0 Å². The molecular formula is C17H17ClN2O4S2. The van der Waals surface area contributed by atoms with Crippen molar-refractivity contribution < 1.29 is 13.3 Å². The van der Waals surface area contributed by atoms with Gasteiger partial charge in [0.2, 0.25) is 10.0 Å². The first-order chi connectivity index (χ1) is 12.4. The summed E-state index contributed by atoms with van der Waals surface area (Å²) in [6, 6.07) is 12.6. The van der Waals surface area contributed by atoms with Crippen molar-refractivity contribution in [1.29, 1.82) is 0 Å². The predicted octanol–water partition coefficient (Wildman–Crippen LogP) is 4.12. The first-order valence-corrected chi connectivity index (χ1v) is 10.9. The summed E-state index contributed by atoms with van der Waals surface area (Å²) in [5, 5.41) is 11.6. The molecule has 26 heavy (non-hydrogen) atoms. The number of halogens is 1. The van der Waals surface area contributed by atoms with E-state index in [-0.39, 0.29) is 15.8 Å². The lowest BCUT2D eigenvalue weighted by molar-refractivity contribution is -0.384. The summed E-state index contributed by atoms with van der Waals surface area (Å²) >= 11 is 7.97. The quantitative estimate of drug-likeness (QED) is 0.557. The molecule has 2 aromatic rings. The number of non-ortho nitro benzene ring substituents is 1. The van der Waals surface area contributed by atoms with Crippen LogP contribution >= 0.6 is 23.4 Å². The number of benzene rings is 2. The van der Waals surface area contributed by atoms with Crippen LogP contribution in [-0.4, -0.2) is 36.5 Å². The Morgan fingerprint density at radius 3 is 2.46 bits per heavy atom. The van der Waals surface area contributed by atoms with E-state index in [4.69, 9.17) is 11.6 Å². The van der Waals surface area contributed by atoms with Gasteiger partial charge in [0, 0.05) is 41.2 Å². The molecule has 1 aliphatic heterocycles.